The van der Waals surface area contributed by atoms with Gasteiger partial charge in [0, 0.05) is 39.6 Å². The molecule has 0 unspecified atom stereocenters. The zero-order valence-electron chi connectivity index (χ0n) is 16.9. The Hall–Kier alpha value is -2.73. The topological polar surface area (TPSA) is 54.0 Å². The van der Waals surface area contributed by atoms with Crippen LogP contribution < -0.4 is 19.7 Å². The molecule has 0 aromatic heterocycles. The molecule has 3 rings (SSSR count). The van der Waals surface area contributed by atoms with Crippen molar-refractivity contribution in [2.45, 2.75) is 13.3 Å². The Labute approximate surface area is 167 Å². The summed E-state index contributed by atoms with van der Waals surface area (Å²) in [7, 11) is 3.32. The minimum atomic E-state index is -0.0407. The number of carbonyl (C=O) groups is 1. The lowest BCUT2D eigenvalue weighted by Crippen LogP contribution is -2.47. The van der Waals surface area contributed by atoms with Crippen molar-refractivity contribution in [1.29, 1.82) is 0 Å². The smallest absolute Gasteiger partial charge is 0.221 e. The molecule has 1 fully saturated rings. The average Bonchev–Trinajstić information content (AvgIpc) is 2.72. The van der Waals surface area contributed by atoms with Crippen molar-refractivity contribution in [3.63, 3.8) is 0 Å². The van der Waals surface area contributed by atoms with E-state index in [-0.39, 0.29) is 5.91 Å². The van der Waals surface area contributed by atoms with E-state index in [0.29, 0.717) is 0 Å². The second-order valence-corrected chi connectivity index (χ2v) is 6.97. The number of ether oxygens (including phenoxy) is 2. The predicted molar refractivity (Wildman–Crippen MR) is 113 cm³/mol. The van der Waals surface area contributed by atoms with Crippen LogP contribution in [0.2, 0.25) is 0 Å². The van der Waals surface area contributed by atoms with Crippen LogP contribution in [-0.2, 0) is 11.2 Å². The Morgan fingerprint density at radius 1 is 1.00 bits per heavy atom. The third-order valence-corrected chi connectivity index (χ3v) is 5.09. The van der Waals surface area contributed by atoms with Gasteiger partial charge in [-0.2, -0.15) is 0 Å². The molecule has 1 heterocycles. The summed E-state index contributed by atoms with van der Waals surface area (Å²) in [5, 5.41) is 2.93. The number of rotatable bonds is 7. The maximum absolute atomic E-state index is 11.5. The molecule has 1 aliphatic rings. The van der Waals surface area contributed by atoms with Crippen molar-refractivity contribution in [2.75, 3.05) is 57.2 Å². The van der Waals surface area contributed by atoms with E-state index in [2.05, 4.69) is 33.3 Å². The van der Waals surface area contributed by atoms with E-state index in [1.54, 1.807) is 21.1 Å². The zero-order chi connectivity index (χ0) is 19.9. The number of hydrogen-bond donors (Lipinski definition) is 1. The molecule has 0 aliphatic carbocycles. The maximum atomic E-state index is 11.5. The van der Waals surface area contributed by atoms with Crippen LogP contribution in [0.15, 0.2) is 42.5 Å². The van der Waals surface area contributed by atoms with Gasteiger partial charge in [-0.1, -0.05) is 18.2 Å². The molecule has 0 atom stereocenters. The van der Waals surface area contributed by atoms with Crippen molar-refractivity contribution < 1.29 is 14.3 Å². The fourth-order valence-corrected chi connectivity index (χ4v) is 3.58. The highest BCUT2D eigenvalue weighted by Crippen LogP contribution is 2.28. The molecule has 1 saturated heterocycles. The summed E-state index contributed by atoms with van der Waals surface area (Å²) < 4.78 is 10.7. The molecule has 28 heavy (non-hydrogen) atoms. The zero-order valence-corrected chi connectivity index (χ0v) is 16.9. The highest BCUT2D eigenvalue weighted by molar-refractivity contribution is 5.92. The molecule has 1 amide bonds. The van der Waals surface area contributed by atoms with E-state index in [0.717, 1.165) is 62.0 Å². The molecule has 0 bridgehead atoms. The van der Waals surface area contributed by atoms with Crippen LogP contribution in [0.4, 0.5) is 11.4 Å². The van der Waals surface area contributed by atoms with Crippen LogP contribution in [0.25, 0.3) is 0 Å². The fraction of sp³-hybridized carbons (Fsp3) is 0.409. The number of nitrogens with zero attached hydrogens (tertiary/aromatic N) is 2. The molecular weight excluding hydrogens is 354 g/mol. The minimum Gasteiger partial charge on any atom is -0.493 e. The van der Waals surface area contributed by atoms with Gasteiger partial charge >= 0.3 is 0 Å². The average molecular weight is 383 g/mol. The van der Waals surface area contributed by atoms with Crippen LogP contribution in [0.3, 0.4) is 0 Å². The number of anilines is 2. The van der Waals surface area contributed by atoms with E-state index in [9.17, 15) is 4.79 Å². The van der Waals surface area contributed by atoms with Gasteiger partial charge in [0.25, 0.3) is 0 Å². The van der Waals surface area contributed by atoms with Crippen LogP contribution in [0, 0.1) is 0 Å². The van der Waals surface area contributed by atoms with Gasteiger partial charge in [-0.15, -0.1) is 0 Å². The van der Waals surface area contributed by atoms with Gasteiger partial charge in [0.05, 0.1) is 25.6 Å². The van der Waals surface area contributed by atoms with E-state index in [1.165, 1.54) is 5.56 Å². The Morgan fingerprint density at radius 2 is 1.71 bits per heavy atom. The van der Waals surface area contributed by atoms with Crippen molar-refractivity contribution >= 4 is 17.3 Å². The van der Waals surface area contributed by atoms with Gasteiger partial charge in [0.15, 0.2) is 11.5 Å². The molecule has 0 spiro atoms. The molecule has 1 N–H and O–H groups in total. The summed E-state index contributed by atoms with van der Waals surface area (Å²) in [6.45, 7) is 6.45. The summed E-state index contributed by atoms with van der Waals surface area (Å²) in [5.74, 6) is 1.50. The molecule has 150 valence electrons. The summed E-state index contributed by atoms with van der Waals surface area (Å²) in [5.41, 5.74) is 3.22. The SMILES string of the molecule is COc1ccc(CCN2CCN(c3ccccc3NC(C)=O)CC2)cc1OC. The summed E-state index contributed by atoms with van der Waals surface area (Å²) in [6.07, 6.45) is 0.975. The Bertz CT molecular complexity index is 801. The van der Waals surface area contributed by atoms with Gasteiger partial charge in [0.1, 0.15) is 0 Å². The molecule has 0 saturated carbocycles. The second kappa shape index (κ2) is 9.46. The maximum Gasteiger partial charge on any atom is 0.221 e. The number of para-hydroxylation sites is 2. The molecule has 2 aromatic carbocycles. The normalized spacial score (nSPS) is 14.6. The van der Waals surface area contributed by atoms with Gasteiger partial charge in [-0.3, -0.25) is 9.69 Å². The van der Waals surface area contributed by atoms with Crippen molar-refractivity contribution in [3.8, 4) is 11.5 Å². The van der Waals surface area contributed by atoms with Crippen molar-refractivity contribution in [3.05, 3.63) is 48.0 Å². The summed E-state index contributed by atoms with van der Waals surface area (Å²) in [6, 6.07) is 14.1. The molecule has 6 heteroatoms. The minimum absolute atomic E-state index is 0.0407. The van der Waals surface area contributed by atoms with Crippen molar-refractivity contribution in [2.24, 2.45) is 0 Å². The molecule has 2 aromatic rings. The molecular formula is C22H29N3O3. The lowest BCUT2D eigenvalue weighted by atomic mass is 10.1. The standard InChI is InChI=1S/C22H29N3O3/c1-17(26)23-19-6-4-5-7-20(19)25-14-12-24(13-15-25)11-10-18-8-9-21(27-2)22(16-18)28-3/h4-9,16H,10-15H2,1-3H3,(H,23,26). The summed E-state index contributed by atoms with van der Waals surface area (Å²) >= 11 is 0. The third-order valence-electron chi connectivity index (χ3n) is 5.09. The van der Waals surface area contributed by atoms with Gasteiger partial charge in [0.2, 0.25) is 5.91 Å². The highest BCUT2D eigenvalue weighted by atomic mass is 16.5. The monoisotopic (exact) mass is 383 g/mol. The second-order valence-electron chi connectivity index (χ2n) is 6.97. The number of amides is 1. The van der Waals surface area contributed by atoms with Gasteiger partial charge in [-0.05, 0) is 36.2 Å². The number of nitrogens with one attached hydrogen (secondary N) is 1. The largest absolute Gasteiger partial charge is 0.493 e. The number of methoxy groups -OCH3 is 2. The summed E-state index contributed by atoms with van der Waals surface area (Å²) in [4.78, 5) is 16.3. The first-order valence-corrected chi connectivity index (χ1v) is 9.65. The molecule has 1 aliphatic heterocycles. The lowest BCUT2D eigenvalue weighted by Gasteiger charge is -2.37. The number of benzene rings is 2. The quantitative estimate of drug-likeness (QED) is 0.797. The molecule has 6 nitrogen and oxygen atoms in total. The number of piperazine rings is 1. The Kier molecular flexibility index (Phi) is 6.76. The van der Waals surface area contributed by atoms with E-state index >= 15 is 0 Å². The Morgan fingerprint density at radius 3 is 2.39 bits per heavy atom. The lowest BCUT2D eigenvalue weighted by molar-refractivity contribution is -0.114. The first kappa shape index (κ1) is 20.0. The third kappa shape index (κ3) is 4.95. The van der Waals surface area contributed by atoms with Gasteiger partial charge < -0.3 is 19.7 Å². The first-order chi connectivity index (χ1) is 13.6. The predicted octanol–water partition coefficient (Wildman–Crippen LogP) is 3.03. The van der Waals surface area contributed by atoms with E-state index in [1.807, 2.05) is 24.3 Å². The number of carbonyl (C=O) groups excluding carboxylic acids is 1. The number of hydrogen-bond acceptors (Lipinski definition) is 5. The van der Waals surface area contributed by atoms with E-state index < -0.39 is 0 Å². The highest BCUT2D eigenvalue weighted by Gasteiger charge is 2.19. The van der Waals surface area contributed by atoms with Crippen LogP contribution >= 0.6 is 0 Å². The van der Waals surface area contributed by atoms with Crippen molar-refractivity contribution in [1.82, 2.24) is 4.90 Å². The van der Waals surface area contributed by atoms with Crippen LogP contribution in [0.5, 0.6) is 11.5 Å². The van der Waals surface area contributed by atoms with E-state index in [4.69, 9.17) is 9.47 Å². The first-order valence-electron chi connectivity index (χ1n) is 9.65. The molecule has 0 radical (unpaired) electrons. The fourth-order valence-electron chi connectivity index (χ4n) is 3.58. The van der Waals surface area contributed by atoms with Crippen LogP contribution in [-0.4, -0.2) is 57.8 Å². The Balaban J connectivity index is 1.54. The van der Waals surface area contributed by atoms with Crippen LogP contribution in [0.1, 0.15) is 12.5 Å². The van der Waals surface area contributed by atoms with Gasteiger partial charge in [-0.25, -0.2) is 0 Å².